The van der Waals surface area contributed by atoms with E-state index < -0.39 is 6.10 Å². The van der Waals surface area contributed by atoms with Gasteiger partial charge in [0, 0.05) is 7.11 Å². The summed E-state index contributed by atoms with van der Waals surface area (Å²) in [7, 11) is 1.50. The molecule has 0 unspecified atom stereocenters. The highest BCUT2D eigenvalue weighted by Crippen LogP contribution is 1.83. The van der Waals surface area contributed by atoms with Crippen molar-refractivity contribution < 1.29 is 9.84 Å². The summed E-state index contributed by atoms with van der Waals surface area (Å²) >= 11 is 0. The summed E-state index contributed by atoms with van der Waals surface area (Å²) in [5.41, 5.74) is 10.0. The molecule has 0 radical (unpaired) electrons. The maximum atomic E-state index is 8.95. The van der Waals surface area contributed by atoms with Crippen LogP contribution in [0, 0.1) is 0 Å². The third-order valence-corrected chi connectivity index (χ3v) is 0.844. The number of aliphatic hydroxyl groups excluding tert-OH is 1. The lowest BCUT2D eigenvalue weighted by molar-refractivity contribution is 0.0705. The first-order valence-electron chi connectivity index (χ1n) is 2.89. The minimum Gasteiger partial charge on any atom is -0.389 e. The number of rotatable bonds is 4. The van der Waals surface area contributed by atoms with E-state index in [9.17, 15) is 0 Å². The summed E-state index contributed by atoms with van der Waals surface area (Å²) in [4.78, 5) is 3.59. The smallest absolute Gasteiger partial charge is 0.185 e. The van der Waals surface area contributed by atoms with Gasteiger partial charge in [0.1, 0.15) is 0 Å². The fourth-order valence-electron chi connectivity index (χ4n) is 0.456. The number of guanidine groups is 1. The Morgan fingerprint density at radius 1 is 1.70 bits per heavy atom. The summed E-state index contributed by atoms with van der Waals surface area (Å²) in [5.74, 6) is -0.0184. The molecule has 0 heterocycles. The van der Waals surface area contributed by atoms with Crippen LogP contribution in [-0.2, 0) is 4.74 Å². The van der Waals surface area contributed by atoms with Gasteiger partial charge in [-0.3, -0.25) is 4.99 Å². The zero-order chi connectivity index (χ0) is 7.98. The molecule has 0 saturated heterocycles. The Morgan fingerprint density at radius 2 is 2.30 bits per heavy atom. The molecule has 5 N–H and O–H groups in total. The van der Waals surface area contributed by atoms with Crippen molar-refractivity contribution in [2.75, 3.05) is 20.3 Å². The molecule has 0 aromatic carbocycles. The second-order valence-electron chi connectivity index (χ2n) is 1.87. The van der Waals surface area contributed by atoms with Gasteiger partial charge >= 0.3 is 0 Å². The zero-order valence-corrected chi connectivity index (χ0v) is 5.95. The number of nitrogens with zero attached hydrogens (tertiary/aromatic N) is 1. The van der Waals surface area contributed by atoms with Crippen LogP contribution in [0.1, 0.15) is 0 Å². The Labute approximate surface area is 59.7 Å². The van der Waals surface area contributed by atoms with Crippen LogP contribution in [0.5, 0.6) is 0 Å². The molecular formula is C5H13N3O2. The van der Waals surface area contributed by atoms with Crippen LogP contribution in [0.15, 0.2) is 4.99 Å². The second kappa shape index (κ2) is 5.01. The van der Waals surface area contributed by atoms with Crippen LogP contribution in [0.4, 0.5) is 0 Å². The van der Waals surface area contributed by atoms with Crippen molar-refractivity contribution in [3.63, 3.8) is 0 Å². The SMILES string of the molecule is COC[C@H](O)CN=C(N)N. The van der Waals surface area contributed by atoms with Crippen LogP contribution >= 0.6 is 0 Å². The molecular weight excluding hydrogens is 134 g/mol. The first kappa shape index (κ1) is 9.19. The average Bonchev–Trinajstić information content (AvgIpc) is 1.85. The lowest BCUT2D eigenvalue weighted by Crippen LogP contribution is -2.26. The summed E-state index contributed by atoms with van der Waals surface area (Å²) in [6, 6.07) is 0. The predicted octanol–water partition coefficient (Wildman–Crippen LogP) is -1.73. The van der Waals surface area contributed by atoms with Crippen molar-refractivity contribution in [2.45, 2.75) is 6.10 Å². The minimum absolute atomic E-state index is 0.0184. The van der Waals surface area contributed by atoms with Crippen LogP contribution < -0.4 is 11.5 Å². The molecule has 0 spiro atoms. The van der Waals surface area contributed by atoms with Gasteiger partial charge in [0.15, 0.2) is 5.96 Å². The fraction of sp³-hybridized carbons (Fsp3) is 0.800. The third-order valence-electron chi connectivity index (χ3n) is 0.844. The van der Waals surface area contributed by atoms with Gasteiger partial charge in [-0.25, -0.2) is 0 Å². The largest absolute Gasteiger partial charge is 0.389 e. The molecule has 0 aromatic rings. The van der Waals surface area contributed by atoms with E-state index >= 15 is 0 Å². The summed E-state index contributed by atoms with van der Waals surface area (Å²) in [5, 5.41) is 8.95. The van der Waals surface area contributed by atoms with Crippen LogP contribution in [0.3, 0.4) is 0 Å². The maximum absolute atomic E-state index is 8.95. The Morgan fingerprint density at radius 3 is 2.70 bits per heavy atom. The van der Waals surface area contributed by atoms with Gasteiger partial charge < -0.3 is 21.3 Å². The molecule has 0 saturated carbocycles. The number of ether oxygens (including phenoxy) is 1. The Kier molecular flexibility index (Phi) is 4.61. The van der Waals surface area contributed by atoms with Crippen molar-refractivity contribution in [3.8, 4) is 0 Å². The molecule has 5 nitrogen and oxygen atoms in total. The van der Waals surface area contributed by atoms with Crippen molar-refractivity contribution >= 4 is 5.96 Å². The second-order valence-corrected chi connectivity index (χ2v) is 1.87. The number of hydrogen-bond acceptors (Lipinski definition) is 3. The van der Waals surface area contributed by atoms with Gasteiger partial charge in [-0.15, -0.1) is 0 Å². The van der Waals surface area contributed by atoms with E-state index in [0.717, 1.165) is 0 Å². The normalized spacial score (nSPS) is 12.6. The quantitative estimate of drug-likeness (QED) is 0.325. The standard InChI is InChI=1S/C5H13N3O2/c1-10-3-4(9)2-8-5(6)7/h4,9H,2-3H2,1H3,(H4,6,7,8)/t4-/m1/s1. The first-order valence-corrected chi connectivity index (χ1v) is 2.89. The van der Waals surface area contributed by atoms with Crippen molar-refractivity contribution in [2.24, 2.45) is 16.5 Å². The minimum atomic E-state index is -0.618. The summed E-state index contributed by atoms with van der Waals surface area (Å²) in [6.45, 7) is 0.437. The third kappa shape index (κ3) is 5.33. The molecule has 60 valence electrons. The van der Waals surface area contributed by atoms with Gasteiger partial charge in [-0.05, 0) is 0 Å². The molecule has 0 aliphatic carbocycles. The molecule has 0 fully saturated rings. The zero-order valence-electron chi connectivity index (χ0n) is 5.95. The van der Waals surface area contributed by atoms with E-state index in [0.29, 0.717) is 0 Å². The van der Waals surface area contributed by atoms with Crippen LogP contribution in [-0.4, -0.2) is 37.4 Å². The predicted molar refractivity (Wildman–Crippen MR) is 38.6 cm³/mol. The van der Waals surface area contributed by atoms with Crippen LogP contribution in [0.25, 0.3) is 0 Å². The molecule has 0 aromatic heterocycles. The molecule has 10 heavy (non-hydrogen) atoms. The highest BCUT2D eigenvalue weighted by molar-refractivity contribution is 5.75. The highest BCUT2D eigenvalue weighted by Gasteiger charge is 1.99. The Hall–Kier alpha value is -0.810. The topological polar surface area (TPSA) is 93.9 Å². The van der Waals surface area contributed by atoms with E-state index in [4.69, 9.17) is 16.6 Å². The van der Waals surface area contributed by atoms with E-state index in [1.165, 1.54) is 7.11 Å². The number of aliphatic hydroxyl groups is 1. The summed E-state index contributed by atoms with van der Waals surface area (Å²) < 4.78 is 4.64. The number of methoxy groups -OCH3 is 1. The Balaban J connectivity index is 3.38. The van der Waals surface area contributed by atoms with E-state index in [-0.39, 0.29) is 19.1 Å². The molecule has 0 bridgehead atoms. The van der Waals surface area contributed by atoms with E-state index in [1.807, 2.05) is 0 Å². The van der Waals surface area contributed by atoms with E-state index in [1.54, 1.807) is 0 Å². The fourth-order valence-corrected chi connectivity index (χ4v) is 0.456. The lowest BCUT2D eigenvalue weighted by Gasteiger charge is -2.04. The lowest BCUT2D eigenvalue weighted by atomic mass is 10.4. The summed E-state index contributed by atoms with van der Waals surface area (Å²) in [6.07, 6.45) is -0.618. The monoisotopic (exact) mass is 147 g/mol. The molecule has 0 aliphatic heterocycles. The first-order chi connectivity index (χ1) is 4.66. The van der Waals surface area contributed by atoms with Crippen molar-refractivity contribution in [3.05, 3.63) is 0 Å². The van der Waals surface area contributed by atoms with E-state index in [2.05, 4.69) is 9.73 Å². The molecule has 1 atom stereocenters. The average molecular weight is 147 g/mol. The van der Waals surface area contributed by atoms with Gasteiger partial charge in [0.05, 0.1) is 19.3 Å². The number of hydrogen-bond donors (Lipinski definition) is 3. The maximum Gasteiger partial charge on any atom is 0.185 e. The Bertz CT molecular complexity index is 111. The molecule has 0 amide bonds. The van der Waals surface area contributed by atoms with Gasteiger partial charge in [0.2, 0.25) is 0 Å². The van der Waals surface area contributed by atoms with Crippen molar-refractivity contribution in [1.82, 2.24) is 0 Å². The van der Waals surface area contributed by atoms with Gasteiger partial charge in [-0.1, -0.05) is 0 Å². The molecule has 0 aliphatic rings. The van der Waals surface area contributed by atoms with Gasteiger partial charge in [0.25, 0.3) is 0 Å². The van der Waals surface area contributed by atoms with Crippen LogP contribution in [0.2, 0.25) is 0 Å². The molecule has 0 rings (SSSR count). The highest BCUT2D eigenvalue weighted by atomic mass is 16.5. The molecule has 5 heteroatoms. The number of aliphatic imine (C=N–C) groups is 1. The van der Waals surface area contributed by atoms with Gasteiger partial charge in [-0.2, -0.15) is 0 Å². The number of nitrogens with two attached hydrogens (primary N) is 2. The van der Waals surface area contributed by atoms with Crippen molar-refractivity contribution in [1.29, 1.82) is 0 Å².